The van der Waals surface area contributed by atoms with Gasteiger partial charge >= 0.3 is 0 Å². The maximum Gasteiger partial charge on any atom is 0.280 e. The number of fused-ring (bicyclic) bond motifs is 1. The number of carbonyl (C=O) groups excluding carboxylic acids is 1. The van der Waals surface area contributed by atoms with Crippen molar-refractivity contribution < 1.29 is 19.2 Å². The van der Waals surface area contributed by atoms with Crippen molar-refractivity contribution in [3.63, 3.8) is 0 Å². The molecule has 0 radical (unpaired) electrons. The van der Waals surface area contributed by atoms with Gasteiger partial charge in [-0.2, -0.15) is 5.26 Å². The summed E-state index contributed by atoms with van der Waals surface area (Å²) in [6.45, 7) is 4.95. The number of rotatable bonds is 4. The number of nitrogens with zero attached hydrogens (tertiary/aromatic N) is 3. The highest BCUT2D eigenvalue weighted by Gasteiger charge is 2.28. The Morgan fingerprint density at radius 2 is 1.86 bits per heavy atom. The molecule has 0 spiro atoms. The molecule has 1 aliphatic heterocycles. The molecule has 2 heterocycles. The highest BCUT2D eigenvalue weighted by atomic mass is 35.5. The van der Waals surface area contributed by atoms with Crippen molar-refractivity contribution >= 4 is 46.1 Å². The van der Waals surface area contributed by atoms with E-state index in [9.17, 15) is 25.0 Å². The van der Waals surface area contributed by atoms with Gasteiger partial charge in [0.05, 0.1) is 26.8 Å². The Balaban J connectivity index is 2.09. The lowest BCUT2D eigenvalue weighted by molar-refractivity contribution is -0.385. The second-order valence-electron chi connectivity index (χ2n) is 8.62. The first kappa shape index (κ1) is 24.2. The molecule has 0 saturated carbocycles. The minimum Gasteiger partial charge on any atom is -0.454 e. The first-order valence-electron chi connectivity index (χ1n) is 10.3. The van der Waals surface area contributed by atoms with Crippen LogP contribution in [0.2, 0.25) is 5.02 Å². The van der Waals surface area contributed by atoms with Gasteiger partial charge in [0.15, 0.2) is 17.3 Å². The average Bonchev–Trinajstić information content (AvgIpc) is 3.38. The van der Waals surface area contributed by atoms with E-state index in [1.807, 2.05) is 6.07 Å². The fourth-order valence-corrected chi connectivity index (χ4v) is 4.63. The molecule has 0 fully saturated rings. The predicted octanol–water partition coefficient (Wildman–Crippen LogP) is 3.31. The molecule has 178 valence electrons. The van der Waals surface area contributed by atoms with Gasteiger partial charge in [-0.15, -0.1) is 11.3 Å². The lowest BCUT2D eigenvalue weighted by Crippen LogP contribution is -2.33. The van der Waals surface area contributed by atoms with Crippen molar-refractivity contribution in [2.75, 3.05) is 6.79 Å². The van der Waals surface area contributed by atoms with Crippen LogP contribution in [0.15, 0.2) is 41.2 Å². The highest BCUT2D eigenvalue weighted by Crippen LogP contribution is 2.38. The van der Waals surface area contributed by atoms with E-state index in [4.69, 9.17) is 21.1 Å². The molecular formula is C24H18ClN3O6S. The van der Waals surface area contributed by atoms with E-state index in [-0.39, 0.29) is 38.6 Å². The molecule has 9 nitrogen and oxygen atoms in total. The van der Waals surface area contributed by atoms with E-state index in [1.54, 1.807) is 45.0 Å². The molecule has 0 amide bonds. The highest BCUT2D eigenvalue weighted by molar-refractivity contribution is 7.07. The van der Waals surface area contributed by atoms with Crippen LogP contribution >= 0.6 is 22.9 Å². The molecule has 0 bridgehead atoms. The first-order valence-corrected chi connectivity index (χ1v) is 11.5. The zero-order valence-corrected chi connectivity index (χ0v) is 20.4. The molecule has 0 aliphatic carbocycles. The molecule has 1 aromatic heterocycles. The smallest absolute Gasteiger partial charge is 0.280 e. The van der Waals surface area contributed by atoms with Crippen LogP contribution in [0.25, 0.3) is 17.3 Å². The maximum atomic E-state index is 13.5. The van der Waals surface area contributed by atoms with Crippen molar-refractivity contribution in [3.8, 4) is 23.3 Å². The fourth-order valence-electron chi connectivity index (χ4n) is 3.41. The van der Waals surface area contributed by atoms with Crippen LogP contribution in [0.5, 0.6) is 11.5 Å². The molecule has 0 unspecified atom stereocenters. The average molecular weight is 512 g/mol. The fraction of sp³-hybridized carbons (Fsp3) is 0.208. The first-order chi connectivity index (χ1) is 16.5. The van der Waals surface area contributed by atoms with Crippen LogP contribution in [0.4, 0.5) is 5.69 Å². The summed E-state index contributed by atoms with van der Waals surface area (Å²) in [7, 11) is 0. The quantitative estimate of drug-likeness (QED) is 0.388. The Morgan fingerprint density at radius 1 is 1.23 bits per heavy atom. The van der Waals surface area contributed by atoms with Crippen molar-refractivity contribution in [1.29, 1.82) is 5.26 Å². The van der Waals surface area contributed by atoms with E-state index in [0.717, 1.165) is 11.3 Å². The van der Waals surface area contributed by atoms with Gasteiger partial charge in [-0.05, 0) is 36.4 Å². The molecule has 0 atom stereocenters. The zero-order chi connectivity index (χ0) is 25.5. The molecule has 3 aromatic rings. The Labute approximate surface area is 207 Å². The standard InChI is InChI=1S/C24H18ClN3O6S/c1-24(2,3)21(29)16(11-26)23-27(15-6-4-14(25)5-7-15)22(30)20(35-23)9-13-8-18-19(34-12-33-18)10-17(13)28(31)32/h4-10H,12H2,1-3H3/b20-9-,23-16-. The lowest BCUT2D eigenvalue weighted by atomic mass is 9.87. The summed E-state index contributed by atoms with van der Waals surface area (Å²) in [6, 6.07) is 10.9. The van der Waals surface area contributed by atoms with Crippen LogP contribution < -0.4 is 24.2 Å². The second-order valence-corrected chi connectivity index (χ2v) is 10.1. The van der Waals surface area contributed by atoms with Gasteiger partial charge in [0.25, 0.3) is 11.2 Å². The molecule has 1 aliphatic rings. The van der Waals surface area contributed by atoms with Gasteiger partial charge in [-0.25, -0.2) is 0 Å². The number of aromatic nitrogens is 1. The summed E-state index contributed by atoms with van der Waals surface area (Å²) in [5.74, 6) is 0.101. The number of benzene rings is 2. The lowest BCUT2D eigenvalue weighted by Gasteiger charge is -2.15. The molecule has 4 rings (SSSR count). The van der Waals surface area contributed by atoms with Gasteiger partial charge < -0.3 is 9.47 Å². The molecule has 2 aromatic carbocycles. The summed E-state index contributed by atoms with van der Waals surface area (Å²) in [4.78, 5) is 37.7. The van der Waals surface area contributed by atoms with Gasteiger partial charge in [0, 0.05) is 10.4 Å². The maximum absolute atomic E-state index is 13.5. The van der Waals surface area contributed by atoms with Gasteiger partial charge in [0.2, 0.25) is 6.79 Å². The Hall–Kier alpha value is -3.94. The predicted molar refractivity (Wildman–Crippen MR) is 130 cm³/mol. The van der Waals surface area contributed by atoms with E-state index in [2.05, 4.69) is 0 Å². The number of nitro groups is 1. The molecule has 0 saturated heterocycles. The summed E-state index contributed by atoms with van der Waals surface area (Å²) >= 11 is 6.89. The number of nitriles is 1. The van der Waals surface area contributed by atoms with Gasteiger partial charge in [0.1, 0.15) is 16.3 Å². The minimum absolute atomic E-state index is 0.0716. The molecule has 11 heteroatoms. The monoisotopic (exact) mass is 511 g/mol. The van der Waals surface area contributed by atoms with Crippen LogP contribution in [-0.2, 0) is 4.79 Å². The SMILES string of the molecule is CC(C)(C)C(=O)/C(C#N)=c1\s/c(=C\c2cc3c(cc2[N+](=O)[O-])OCO3)c(=O)n1-c1ccc(Cl)cc1. The summed E-state index contributed by atoms with van der Waals surface area (Å²) < 4.78 is 12.0. The van der Waals surface area contributed by atoms with Crippen LogP contribution in [0.3, 0.4) is 0 Å². The number of hydrogen-bond donors (Lipinski definition) is 0. The normalized spacial score (nSPS) is 14.0. The number of hydrogen-bond acceptors (Lipinski definition) is 8. The third kappa shape index (κ3) is 4.56. The number of nitro benzene ring substituents is 1. The topological polar surface area (TPSA) is 124 Å². The van der Waals surface area contributed by atoms with Crippen LogP contribution in [0, 0.1) is 26.9 Å². The molecule has 35 heavy (non-hydrogen) atoms. The number of ether oxygens (including phenoxy) is 2. The van der Waals surface area contributed by atoms with E-state index in [0.29, 0.717) is 16.5 Å². The number of ketones is 1. The van der Waals surface area contributed by atoms with Crippen molar-refractivity contribution in [3.05, 3.63) is 76.6 Å². The second kappa shape index (κ2) is 9.02. The van der Waals surface area contributed by atoms with Gasteiger partial charge in [-0.3, -0.25) is 24.3 Å². The zero-order valence-electron chi connectivity index (χ0n) is 18.8. The minimum atomic E-state index is -0.879. The summed E-state index contributed by atoms with van der Waals surface area (Å²) in [5, 5.41) is 22.0. The number of carbonyl (C=O) groups is 1. The van der Waals surface area contributed by atoms with Crippen LogP contribution in [0.1, 0.15) is 26.3 Å². The van der Waals surface area contributed by atoms with Crippen molar-refractivity contribution in [2.45, 2.75) is 20.8 Å². The third-order valence-electron chi connectivity index (χ3n) is 5.15. The summed E-state index contributed by atoms with van der Waals surface area (Å²) in [6.07, 6.45) is 1.35. The van der Waals surface area contributed by atoms with Crippen molar-refractivity contribution in [1.82, 2.24) is 4.57 Å². The van der Waals surface area contributed by atoms with Crippen LogP contribution in [-0.4, -0.2) is 22.1 Å². The Kier molecular flexibility index (Phi) is 6.23. The number of Topliss-reactive ketones (excluding diaryl/α,β-unsaturated/α-hetero) is 1. The molecule has 0 N–H and O–H groups in total. The number of halogens is 1. The van der Waals surface area contributed by atoms with E-state index < -0.39 is 21.7 Å². The Morgan fingerprint density at radius 3 is 2.43 bits per heavy atom. The van der Waals surface area contributed by atoms with Gasteiger partial charge in [-0.1, -0.05) is 32.4 Å². The third-order valence-corrected chi connectivity index (χ3v) is 6.49. The summed E-state index contributed by atoms with van der Waals surface area (Å²) in [5.41, 5.74) is -1.39. The van der Waals surface area contributed by atoms with Crippen molar-refractivity contribution in [2.24, 2.45) is 5.41 Å². The largest absolute Gasteiger partial charge is 0.454 e. The number of thiazole rings is 1. The van der Waals surface area contributed by atoms with E-state index in [1.165, 1.54) is 22.8 Å². The molecular weight excluding hydrogens is 494 g/mol. The Bertz CT molecular complexity index is 1590. The van der Waals surface area contributed by atoms with E-state index >= 15 is 0 Å².